The van der Waals surface area contributed by atoms with Gasteiger partial charge in [-0.25, -0.2) is 4.79 Å². The highest BCUT2D eigenvalue weighted by Gasteiger charge is 2.30. The van der Waals surface area contributed by atoms with Gasteiger partial charge in [-0.1, -0.05) is 30.3 Å². The maximum absolute atomic E-state index is 11.9. The summed E-state index contributed by atoms with van der Waals surface area (Å²) in [5.41, 5.74) is 8.49. The summed E-state index contributed by atoms with van der Waals surface area (Å²) >= 11 is 0. The van der Waals surface area contributed by atoms with E-state index in [0.717, 1.165) is 24.1 Å². The summed E-state index contributed by atoms with van der Waals surface area (Å²) in [5.74, 6) is 1.01. The van der Waals surface area contributed by atoms with Gasteiger partial charge in [0.1, 0.15) is 0 Å². The second kappa shape index (κ2) is 8.75. The molecule has 3 rings (SSSR count). The van der Waals surface area contributed by atoms with Crippen LogP contribution in [0.3, 0.4) is 0 Å². The Morgan fingerprint density at radius 1 is 1.14 bits per heavy atom. The van der Waals surface area contributed by atoms with Gasteiger partial charge in [-0.2, -0.15) is 0 Å². The number of carbonyl (C=O) groups excluding carboxylic acids is 2. The lowest BCUT2D eigenvalue weighted by Gasteiger charge is -2.38. The Bertz CT molecular complexity index is 854. The fourth-order valence-corrected chi connectivity index (χ4v) is 3.71. The van der Waals surface area contributed by atoms with Crippen molar-refractivity contribution in [3.8, 4) is 11.5 Å². The fourth-order valence-electron chi connectivity index (χ4n) is 3.71. The van der Waals surface area contributed by atoms with Gasteiger partial charge in [0, 0.05) is 19.5 Å². The molecule has 0 aliphatic carbocycles. The molecule has 2 aromatic carbocycles. The third kappa shape index (κ3) is 4.26. The lowest BCUT2D eigenvalue weighted by molar-refractivity contribution is -0.120. The zero-order valence-corrected chi connectivity index (χ0v) is 16.1. The molecular formula is C21H25N3O4. The molecule has 0 bridgehead atoms. The topological polar surface area (TPSA) is 93.9 Å². The number of primary amides is 1. The van der Waals surface area contributed by atoms with Gasteiger partial charge in [0.15, 0.2) is 11.5 Å². The van der Waals surface area contributed by atoms with Crippen LogP contribution in [0.1, 0.15) is 29.2 Å². The first-order chi connectivity index (χ1) is 13.5. The van der Waals surface area contributed by atoms with E-state index in [1.165, 1.54) is 5.56 Å². The van der Waals surface area contributed by atoms with E-state index in [0.29, 0.717) is 18.0 Å². The summed E-state index contributed by atoms with van der Waals surface area (Å²) in [4.78, 5) is 25.0. The zero-order valence-electron chi connectivity index (χ0n) is 16.1. The number of nitrogens with one attached hydrogen (secondary N) is 1. The van der Waals surface area contributed by atoms with E-state index in [1.54, 1.807) is 14.2 Å². The maximum Gasteiger partial charge on any atom is 0.318 e. The molecule has 1 aliphatic heterocycles. The van der Waals surface area contributed by atoms with Crippen LogP contribution in [0.5, 0.6) is 11.5 Å². The number of amides is 3. The molecule has 0 spiro atoms. The van der Waals surface area contributed by atoms with Crippen molar-refractivity contribution >= 4 is 11.9 Å². The molecule has 0 radical (unpaired) electrons. The summed E-state index contributed by atoms with van der Waals surface area (Å²) in [6, 6.07) is 13.3. The number of imide groups is 1. The lowest BCUT2D eigenvalue weighted by Crippen LogP contribution is -2.40. The molecule has 0 saturated carbocycles. The van der Waals surface area contributed by atoms with Gasteiger partial charge in [-0.15, -0.1) is 0 Å². The van der Waals surface area contributed by atoms with Gasteiger partial charge < -0.3 is 15.2 Å². The summed E-state index contributed by atoms with van der Waals surface area (Å²) in [6.45, 7) is 1.29. The number of methoxy groups -OCH3 is 2. The van der Waals surface area contributed by atoms with E-state index < -0.39 is 6.03 Å². The molecule has 148 valence electrons. The number of fused-ring (bicyclic) bond motifs is 1. The van der Waals surface area contributed by atoms with E-state index in [4.69, 9.17) is 15.2 Å². The molecule has 1 heterocycles. The molecule has 7 nitrogen and oxygen atoms in total. The molecule has 2 aromatic rings. The second-order valence-electron chi connectivity index (χ2n) is 6.67. The molecule has 3 amide bonds. The number of benzene rings is 2. The number of nitrogens with zero attached hydrogens (tertiary/aromatic N) is 1. The van der Waals surface area contributed by atoms with Gasteiger partial charge in [0.25, 0.3) is 0 Å². The lowest BCUT2D eigenvalue weighted by atomic mass is 9.87. The van der Waals surface area contributed by atoms with Crippen molar-refractivity contribution in [3.63, 3.8) is 0 Å². The van der Waals surface area contributed by atoms with Crippen molar-refractivity contribution < 1.29 is 19.1 Å². The molecule has 1 atom stereocenters. The Balaban J connectivity index is 1.94. The van der Waals surface area contributed by atoms with E-state index in [2.05, 4.69) is 22.3 Å². The van der Waals surface area contributed by atoms with Gasteiger partial charge >= 0.3 is 6.03 Å². The number of hydrogen-bond acceptors (Lipinski definition) is 5. The van der Waals surface area contributed by atoms with E-state index >= 15 is 0 Å². The van der Waals surface area contributed by atoms with Crippen LogP contribution in [0.2, 0.25) is 0 Å². The van der Waals surface area contributed by atoms with E-state index in [9.17, 15) is 9.59 Å². The maximum atomic E-state index is 11.9. The Hall–Kier alpha value is -3.06. The average Bonchev–Trinajstić information content (AvgIpc) is 2.70. The van der Waals surface area contributed by atoms with Crippen LogP contribution in [0.4, 0.5) is 4.79 Å². The van der Waals surface area contributed by atoms with Gasteiger partial charge in [-0.3, -0.25) is 15.0 Å². The average molecular weight is 383 g/mol. The van der Waals surface area contributed by atoms with E-state index in [1.807, 2.05) is 30.3 Å². The molecule has 1 unspecified atom stereocenters. The third-order valence-corrected chi connectivity index (χ3v) is 4.98. The minimum atomic E-state index is -0.828. The van der Waals surface area contributed by atoms with Crippen molar-refractivity contribution in [2.45, 2.75) is 18.9 Å². The Labute approximate surface area is 164 Å². The number of nitrogens with two attached hydrogens (primary N) is 1. The van der Waals surface area contributed by atoms with Gasteiger partial charge in [0.2, 0.25) is 5.91 Å². The van der Waals surface area contributed by atoms with Crippen LogP contribution >= 0.6 is 0 Å². The highest BCUT2D eigenvalue weighted by atomic mass is 16.5. The summed E-state index contributed by atoms with van der Waals surface area (Å²) < 4.78 is 11.0. The molecular weight excluding hydrogens is 358 g/mol. The first-order valence-electron chi connectivity index (χ1n) is 9.16. The molecule has 7 heteroatoms. The molecule has 0 saturated heterocycles. The van der Waals surface area contributed by atoms with Crippen LogP contribution in [0.15, 0.2) is 42.5 Å². The van der Waals surface area contributed by atoms with Crippen molar-refractivity contribution in [1.29, 1.82) is 0 Å². The molecule has 28 heavy (non-hydrogen) atoms. The van der Waals surface area contributed by atoms with Crippen LogP contribution in [-0.4, -0.2) is 44.1 Å². The van der Waals surface area contributed by atoms with Crippen molar-refractivity contribution in [3.05, 3.63) is 59.2 Å². The normalized spacial score (nSPS) is 16.1. The first-order valence-corrected chi connectivity index (χ1v) is 9.16. The molecule has 0 aromatic heterocycles. The van der Waals surface area contributed by atoms with Crippen molar-refractivity contribution in [2.24, 2.45) is 5.73 Å². The van der Waals surface area contributed by atoms with Crippen LogP contribution in [0.25, 0.3) is 0 Å². The van der Waals surface area contributed by atoms with Crippen LogP contribution in [-0.2, 0) is 11.2 Å². The third-order valence-electron chi connectivity index (χ3n) is 4.98. The van der Waals surface area contributed by atoms with Gasteiger partial charge in [-0.05, 0) is 35.2 Å². The van der Waals surface area contributed by atoms with E-state index in [-0.39, 0.29) is 18.4 Å². The van der Waals surface area contributed by atoms with Crippen LogP contribution < -0.4 is 20.5 Å². The number of ether oxygens (including phenoxy) is 2. The quantitative estimate of drug-likeness (QED) is 0.798. The first kappa shape index (κ1) is 19.7. The number of hydrogen-bond donors (Lipinski definition) is 2. The predicted molar refractivity (Wildman–Crippen MR) is 105 cm³/mol. The smallest absolute Gasteiger partial charge is 0.318 e. The molecule has 0 fully saturated rings. The largest absolute Gasteiger partial charge is 0.493 e. The highest BCUT2D eigenvalue weighted by Crippen LogP contribution is 2.40. The van der Waals surface area contributed by atoms with Crippen LogP contribution in [0, 0.1) is 0 Å². The Kier molecular flexibility index (Phi) is 6.16. The Morgan fingerprint density at radius 2 is 1.82 bits per heavy atom. The Morgan fingerprint density at radius 3 is 2.46 bits per heavy atom. The second-order valence-corrected chi connectivity index (χ2v) is 6.67. The molecule has 1 aliphatic rings. The van der Waals surface area contributed by atoms with Gasteiger partial charge in [0.05, 0.1) is 20.3 Å². The minimum absolute atomic E-state index is 0.0221. The van der Waals surface area contributed by atoms with Crippen molar-refractivity contribution in [1.82, 2.24) is 10.2 Å². The fraction of sp³-hybridized carbons (Fsp3) is 0.333. The van der Waals surface area contributed by atoms with Crippen molar-refractivity contribution in [2.75, 3.05) is 27.3 Å². The number of urea groups is 1. The number of rotatable bonds is 6. The number of carbonyl (C=O) groups is 2. The summed E-state index contributed by atoms with van der Waals surface area (Å²) in [6.07, 6.45) is 1.02. The summed E-state index contributed by atoms with van der Waals surface area (Å²) in [7, 11) is 3.25. The predicted octanol–water partition coefficient (Wildman–Crippen LogP) is 2.24. The minimum Gasteiger partial charge on any atom is -0.493 e. The standard InChI is InChI=1S/C21H25N3O4/c1-27-17-12-15-8-10-24(11-9-19(25)23-21(22)26)20(14-6-4-3-5-7-14)16(15)13-18(17)28-2/h3-7,12-13,20H,8-11H2,1-2H3,(H3,22,23,25,26). The summed E-state index contributed by atoms with van der Waals surface area (Å²) in [5, 5.41) is 2.13. The molecule has 3 N–H and O–H groups in total. The monoisotopic (exact) mass is 383 g/mol. The highest BCUT2D eigenvalue weighted by molar-refractivity contribution is 5.93. The SMILES string of the molecule is COc1cc2c(cc1OC)C(c1ccccc1)N(CCC(=O)NC(N)=O)CC2. The zero-order chi connectivity index (χ0) is 20.1.